The second kappa shape index (κ2) is 2.25. The second-order valence-corrected chi connectivity index (χ2v) is 1.22. The third-order valence-corrected chi connectivity index (χ3v) is 0.580. The summed E-state index contributed by atoms with van der Waals surface area (Å²) in [6.07, 6.45) is 0. The van der Waals surface area contributed by atoms with Crippen LogP contribution in [0.25, 0.3) is 0 Å². The summed E-state index contributed by atoms with van der Waals surface area (Å²) >= 11 is 0. The molecule has 0 aliphatic rings. The first-order chi connectivity index (χ1) is 4.29. The van der Waals surface area contributed by atoms with E-state index in [9.17, 15) is 4.79 Å². The van der Waals surface area contributed by atoms with Crippen molar-refractivity contribution in [2.45, 2.75) is 0 Å². The van der Waals surface area contributed by atoms with Crippen molar-refractivity contribution in [3.63, 3.8) is 0 Å². The molecule has 0 atom stereocenters. The van der Waals surface area contributed by atoms with E-state index in [1.807, 2.05) is 0 Å². The van der Waals surface area contributed by atoms with Gasteiger partial charge >= 0.3 is 0 Å². The normalized spacial score (nSPS) is 8.89. The van der Waals surface area contributed by atoms with Crippen molar-refractivity contribution in [3.05, 3.63) is 0 Å². The first-order valence-electron chi connectivity index (χ1n) is 2.09. The molecule has 7 heteroatoms. The van der Waals surface area contributed by atoms with Crippen molar-refractivity contribution in [1.29, 1.82) is 0 Å². The van der Waals surface area contributed by atoms with Gasteiger partial charge in [-0.2, -0.15) is 5.21 Å². The Kier molecular flexibility index (Phi) is 1.43. The molecule has 0 unspecified atom stereocenters. The largest absolute Gasteiger partial charge is 0.302 e. The van der Waals surface area contributed by atoms with E-state index in [0.29, 0.717) is 0 Å². The highest BCUT2D eigenvalue weighted by Gasteiger charge is 1.95. The zero-order valence-electron chi connectivity index (χ0n) is 4.33. The van der Waals surface area contributed by atoms with Crippen LogP contribution < -0.4 is 5.32 Å². The quantitative estimate of drug-likeness (QED) is 0.464. The van der Waals surface area contributed by atoms with E-state index in [-0.39, 0.29) is 5.95 Å². The summed E-state index contributed by atoms with van der Waals surface area (Å²) < 4.78 is 0. The number of nitrogens with one attached hydrogen (secondary N) is 2. The molecule has 6 nitrogen and oxygen atoms in total. The smallest absolute Gasteiger partial charge is 0.269 e. The van der Waals surface area contributed by atoms with E-state index < -0.39 is 5.81 Å². The van der Waals surface area contributed by atoms with Gasteiger partial charge in [0.05, 0.1) is 0 Å². The van der Waals surface area contributed by atoms with Gasteiger partial charge < -0.3 is 5.32 Å². The number of hydrogen-bond acceptors (Lipinski definition) is 4. The summed E-state index contributed by atoms with van der Waals surface area (Å²) in [7, 11) is 4.71. The van der Waals surface area contributed by atoms with Gasteiger partial charge in [-0.05, 0) is 5.21 Å². The summed E-state index contributed by atoms with van der Waals surface area (Å²) in [5.41, 5.74) is 0. The van der Waals surface area contributed by atoms with Crippen molar-refractivity contribution >= 4 is 19.6 Å². The summed E-state index contributed by atoms with van der Waals surface area (Å²) in [5.74, 6) is -0.640. The molecule has 1 amide bonds. The predicted molar refractivity (Wildman–Crippen MR) is 29.0 cm³/mol. The zero-order valence-corrected chi connectivity index (χ0v) is 4.33. The van der Waals surface area contributed by atoms with Crippen molar-refractivity contribution in [1.82, 2.24) is 20.6 Å². The third-order valence-electron chi connectivity index (χ3n) is 0.580. The molecule has 0 aliphatic heterocycles. The summed E-state index contributed by atoms with van der Waals surface area (Å²) in [6, 6.07) is 0. The molecular formula is C2H2BN5O. The molecule has 2 N–H and O–H groups in total. The second-order valence-electron chi connectivity index (χ2n) is 1.22. The number of carbonyl (C=O) groups is 1. The van der Waals surface area contributed by atoms with Gasteiger partial charge in [0, 0.05) is 0 Å². The van der Waals surface area contributed by atoms with Crippen LogP contribution in [0.4, 0.5) is 10.7 Å². The van der Waals surface area contributed by atoms with Crippen LogP contribution in [0.15, 0.2) is 0 Å². The first kappa shape index (κ1) is 5.74. The number of anilines is 1. The number of nitrogens with zero attached hydrogens (tertiary/aromatic N) is 3. The maximum Gasteiger partial charge on any atom is 0.269 e. The minimum atomic E-state index is -0.712. The van der Waals surface area contributed by atoms with Gasteiger partial charge in [0.15, 0.2) is 5.81 Å². The minimum absolute atomic E-state index is 0.0718. The van der Waals surface area contributed by atoms with Crippen molar-refractivity contribution in [3.8, 4) is 0 Å². The minimum Gasteiger partial charge on any atom is -0.302 e. The number of amides is 1. The molecule has 1 rings (SSSR count). The monoisotopic (exact) mass is 123 g/mol. The van der Waals surface area contributed by atoms with Gasteiger partial charge in [0.1, 0.15) is 0 Å². The van der Waals surface area contributed by atoms with Crippen LogP contribution in [0, 0.1) is 0 Å². The van der Waals surface area contributed by atoms with E-state index in [4.69, 9.17) is 7.85 Å². The van der Waals surface area contributed by atoms with Crippen molar-refractivity contribution in [2.75, 3.05) is 5.32 Å². The highest BCUT2D eigenvalue weighted by molar-refractivity contribution is 6.60. The van der Waals surface area contributed by atoms with Crippen LogP contribution in [0.5, 0.6) is 0 Å². The van der Waals surface area contributed by atoms with Crippen LogP contribution in [-0.4, -0.2) is 34.3 Å². The van der Waals surface area contributed by atoms with Crippen LogP contribution in [0.1, 0.15) is 0 Å². The summed E-state index contributed by atoms with van der Waals surface area (Å²) in [4.78, 5) is 10.1. The zero-order chi connectivity index (χ0) is 6.69. The van der Waals surface area contributed by atoms with Crippen LogP contribution in [0.2, 0.25) is 0 Å². The van der Waals surface area contributed by atoms with E-state index in [2.05, 4.69) is 25.9 Å². The lowest BCUT2D eigenvalue weighted by Gasteiger charge is -1.88. The Morgan fingerprint density at radius 2 is 2.56 bits per heavy atom. The summed E-state index contributed by atoms with van der Waals surface area (Å²) in [6.45, 7) is 0. The fraction of sp³-hybridized carbons (Fsp3) is 0. The SMILES string of the molecule is [B]C(=O)Nc1nn[nH]n1. The van der Waals surface area contributed by atoms with E-state index in [0.717, 1.165) is 0 Å². The van der Waals surface area contributed by atoms with Gasteiger partial charge in [-0.1, -0.05) is 5.10 Å². The molecular weight excluding hydrogens is 121 g/mol. The number of carbonyl (C=O) groups excluding carboxylic acids is 1. The van der Waals surface area contributed by atoms with Gasteiger partial charge in [-0.3, -0.25) is 4.79 Å². The lowest BCUT2D eigenvalue weighted by atomic mass is 10.1. The number of hydrogen-bond donors (Lipinski definition) is 2. The molecule has 1 aromatic heterocycles. The van der Waals surface area contributed by atoms with Crippen molar-refractivity contribution < 1.29 is 4.79 Å². The Morgan fingerprint density at radius 3 is 3.00 bits per heavy atom. The number of rotatable bonds is 1. The topological polar surface area (TPSA) is 83.6 Å². The maximum atomic E-state index is 10.1. The van der Waals surface area contributed by atoms with E-state index in [1.54, 1.807) is 0 Å². The molecule has 0 saturated heterocycles. The Morgan fingerprint density at radius 1 is 1.78 bits per heavy atom. The third kappa shape index (κ3) is 1.52. The number of aromatic nitrogens is 4. The van der Waals surface area contributed by atoms with Crippen molar-refractivity contribution in [2.24, 2.45) is 0 Å². The van der Waals surface area contributed by atoms with Crippen LogP contribution in [0.3, 0.4) is 0 Å². The van der Waals surface area contributed by atoms with Gasteiger partial charge in [0.2, 0.25) is 7.85 Å². The predicted octanol–water partition coefficient (Wildman–Crippen LogP) is -1.10. The van der Waals surface area contributed by atoms with E-state index >= 15 is 0 Å². The average Bonchev–Trinajstić information content (AvgIpc) is 2.15. The molecule has 1 aromatic rings. The molecule has 44 valence electrons. The molecule has 0 fully saturated rings. The molecule has 0 bridgehead atoms. The van der Waals surface area contributed by atoms with Gasteiger partial charge in [-0.25, -0.2) is 0 Å². The Bertz CT molecular complexity index is 195. The molecule has 0 spiro atoms. The molecule has 2 radical (unpaired) electrons. The Hall–Kier alpha value is -1.40. The Labute approximate surface area is 51.4 Å². The van der Waals surface area contributed by atoms with Crippen LogP contribution in [-0.2, 0) is 0 Å². The average molecular weight is 123 g/mol. The molecule has 1 heterocycles. The first-order valence-corrected chi connectivity index (χ1v) is 2.09. The number of aromatic amines is 1. The fourth-order valence-electron chi connectivity index (χ4n) is 0.325. The molecule has 0 saturated carbocycles. The molecule has 0 aromatic carbocycles. The number of H-pyrrole nitrogens is 1. The molecule has 9 heavy (non-hydrogen) atoms. The van der Waals surface area contributed by atoms with Crippen LogP contribution >= 0.6 is 0 Å². The van der Waals surface area contributed by atoms with E-state index in [1.165, 1.54) is 0 Å². The standard InChI is InChI=1S/C2H2BN5O/c3-1(9)4-2-5-7-8-6-2/h(H2,4,5,6,7,8,9). The lowest BCUT2D eigenvalue weighted by molar-refractivity contribution is 0.268. The maximum absolute atomic E-state index is 10.1. The molecule has 0 aliphatic carbocycles. The van der Waals surface area contributed by atoms with Gasteiger partial charge in [-0.15, -0.1) is 5.10 Å². The van der Waals surface area contributed by atoms with Gasteiger partial charge in [0.25, 0.3) is 5.95 Å². The fourth-order valence-corrected chi connectivity index (χ4v) is 0.325. The number of tetrazole rings is 1. The Balaban J connectivity index is 2.58. The summed E-state index contributed by atoms with van der Waals surface area (Å²) in [5, 5.41) is 14.2. The highest BCUT2D eigenvalue weighted by atomic mass is 16.1. The lowest BCUT2D eigenvalue weighted by Crippen LogP contribution is -2.09. The highest BCUT2D eigenvalue weighted by Crippen LogP contribution is 1.87.